The first-order chi connectivity index (χ1) is 20.1. The third-order valence-electron chi connectivity index (χ3n) is 7.90. The highest BCUT2D eigenvalue weighted by molar-refractivity contribution is 7.92. The lowest BCUT2D eigenvalue weighted by Gasteiger charge is -2.21. The monoisotopic (exact) mass is 586 g/mol. The van der Waals surface area contributed by atoms with Gasteiger partial charge in [0, 0.05) is 42.8 Å². The first-order valence-corrected chi connectivity index (χ1v) is 15.8. The number of nitrogens with one attached hydrogen (secondary N) is 1. The number of pyridine rings is 1. The summed E-state index contributed by atoms with van der Waals surface area (Å²) in [4.78, 5) is 17.1. The Morgan fingerprint density at radius 1 is 1.10 bits per heavy atom. The lowest BCUT2D eigenvalue weighted by Crippen LogP contribution is -2.19. The molecule has 1 fully saturated rings. The van der Waals surface area contributed by atoms with E-state index in [-0.39, 0.29) is 28.6 Å². The second-order valence-corrected chi connectivity index (χ2v) is 13.6. The molecule has 1 amide bonds. The van der Waals surface area contributed by atoms with Crippen LogP contribution in [0.1, 0.15) is 60.9 Å². The third kappa shape index (κ3) is 6.36. The molecule has 4 aromatic rings. The normalized spacial score (nSPS) is 14.8. The Balaban J connectivity index is 1.26. The van der Waals surface area contributed by atoms with Gasteiger partial charge in [0.2, 0.25) is 6.41 Å². The van der Waals surface area contributed by atoms with Crippen LogP contribution < -0.4 is 15.8 Å². The minimum Gasteiger partial charge on any atom is -0.493 e. The Kier molecular flexibility index (Phi) is 8.41. The number of aromatic nitrogens is 1. The summed E-state index contributed by atoms with van der Waals surface area (Å²) in [5, 5.41) is 5.25. The summed E-state index contributed by atoms with van der Waals surface area (Å²) in [6, 6.07) is 19.7. The fraction of sp³-hybridized carbons (Fsp3) is 0.333. The quantitative estimate of drug-likeness (QED) is 0.196. The number of amides is 1. The van der Waals surface area contributed by atoms with Crippen LogP contribution in [0.15, 0.2) is 71.8 Å². The zero-order valence-corrected chi connectivity index (χ0v) is 25.3. The van der Waals surface area contributed by atoms with Crippen molar-refractivity contribution in [2.24, 2.45) is 0 Å². The summed E-state index contributed by atoms with van der Waals surface area (Å²) in [5.41, 5.74) is 11.1. The molecule has 1 saturated carbocycles. The van der Waals surface area contributed by atoms with E-state index in [9.17, 15) is 13.2 Å². The molecule has 0 bridgehead atoms. The van der Waals surface area contributed by atoms with Crippen molar-refractivity contribution in [3.63, 3.8) is 0 Å². The van der Waals surface area contributed by atoms with Crippen LogP contribution in [0.3, 0.4) is 0 Å². The van der Waals surface area contributed by atoms with Gasteiger partial charge in [0.25, 0.3) is 0 Å². The number of ether oxygens (including phenoxy) is 1. The van der Waals surface area contributed by atoms with Gasteiger partial charge in [-0.2, -0.15) is 0 Å². The van der Waals surface area contributed by atoms with Crippen molar-refractivity contribution < 1.29 is 17.9 Å². The van der Waals surface area contributed by atoms with E-state index in [1.54, 1.807) is 31.4 Å². The molecule has 2 atom stereocenters. The number of hydrogen-bond acceptors (Lipinski definition) is 7. The zero-order valence-electron chi connectivity index (χ0n) is 24.5. The predicted octanol–water partition coefficient (Wildman–Crippen LogP) is 6.01. The molecule has 0 saturated heterocycles. The van der Waals surface area contributed by atoms with E-state index in [4.69, 9.17) is 10.5 Å². The molecule has 1 aromatic heterocycles. The number of benzene rings is 3. The number of sulfone groups is 1. The maximum atomic E-state index is 13.0. The minimum absolute atomic E-state index is 0.0919. The van der Waals surface area contributed by atoms with Gasteiger partial charge in [-0.15, -0.1) is 0 Å². The van der Waals surface area contributed by atoms with Gasteiger partial charge in [0.1, 0.15) is 11.6 Å². The fourth-order valence-electron chi connectivity index (χ4n) is 5.37. The summed E-state index contributed by atoms with van der Waals surface area (Å²) in [5.74, 6) is 1.23. The van der Waals surface area contributed by atoms with Gasteiger partial charge in [-0.1, -0.05) is 25.1 Å². The molecule has 9 heteroatoms. The fourth-order valence-corrected chi connectivity index (χ4v) is 7.23. The Bertz CT molecular complexity index is 1720. The summed E-state index contributed by atoms with van der Waals surface area (Å²) < 4.78 is 32.1. The van der Waals surface area contributed by atoms with Crippen molar-refractivity contribution in [1.82, 2.24) is 9.88 Å². The molecule has 0 aliphatic heterocycles. The van der Waals surface area contributed by atoms with Crippen LogP contribution in [0.25, 0.3) is 10.8 Å². The van der Waals surface area contributed by atoms with E-state index < -0.39 is 9.84 Å². The highest BCUT2D eigenvalue weighted by Gasteiger charge is 2.38. The van der Waals surface area contributed by atoms with Crippen molar-refractivity contribution in [2.45, 2.75) is 62.3 Å². The Labute approximate surface area is 247 Å². The molecule has 1 heterocycles. The molecule has 220 valence electrons. The molecule has 1 aliphatic carbocycles. The average Bonchev–Trinajstić information content (AvgIpc) is 3.82. The SMILES string of the molecule is Cc1cc([C@H](C)Nc2ccc3c(N)nccc3c2)ccc1C(C)COc1ccc(S(=O)(=O)C2CC2)c(CN(C)C=O)c1. The van der Waals surface area contributed by atoms with E-state index >= 15 is 0 Å². The number of nitrogen functional groups attached to an aromatic ring is 1. The lowest BCUT2D eigenvalue weighted by atomic mass is 9.93. The summed E-state index contributed by atoms with van der Waals surface area (Å²) in [7, 11) is -1.77. The maximum absolute atomic E-state index is 13.0. The van der Waals surface area contributed by atoms with Gasteiger partial charge in [-0.3, -0.25) is 4.79 Å². The molecule has 0 radical (unpaired) electrons. The second kappa shape index (κ2) is 12.0. The van der Waals surface area contributed by atoms with Crippen LogP contribution in [0.5, 0.6) is 5.75 Å². The number of nitrogens with two attached hydrogens (primary N) is 1. The van der Waals surface area contributed by atoms with Crippen LogP contribution in [0.4, 0.5) is 11.5 Å². The first-order valence-electron chi connectivity index (χ1n) is 14.2. The molecule has 0 spiro atoms. The van der Waals surface area contributed by atoms with Gasteiger partial charge < -0.3 is 20.7 Å². The predicted molar refractivity (Wildman–Crippen MR) is 167 cm³/mol. The van der Waals surface area contributed by atoms with Crippen LogP contribution in [0.2, 0.25) is 0 Å². The molecular formula is C33H38N4O4S. The van der Waals surface area contributed by atoms with Gasteiger partial charge in [0.15, 0.2) is 9.84 Å². The molecule has 3 aromatic carbocycles. The minimum atomic E-state index is -3.40. The highest BCUT2D eigenvalue weighted by Crippen LogP contribution is 2.36. The van der Waals surface area contributed by atoms with Crippen molar-refractivity contribution >= 4 is 38.5 Å². The molecule has 42 heavy (non-hydrogen) atoms. The second-order valence-electron chi connectivity index (χ2n) is 11.4. The lowest BCUT2D eigenvalue weighted by molar-refractivity contribution is -0.117. The Hall–Kier alpha value is -4.11. The average molecular weight is 587 g/mol. The van der Waals surface area contributed by atoms with E-state index in [1.165, 1.54) is 21.6 Å². The van der Waals surface area contributed by atoms with E-state index in [0.717, 1.165) is 16.5 Å². The number of carbonyl (C=O) groups excluding carboxylic acids is 1. The number of hydrogen-bond donors (Lipinski definition) is 2. The highest BCUT2D eigenvalue weighted by atomic mass is 32.2. The van der Waals surface area contributed by atoms with Crippen LogP contribution in [-0.4, -0.2) is 43.6 Å². The molecule has 5 rings (SSSR count). The molecular weight excluding hydrogens is 548 g/mol. The number of carbonyl (C=O) groups is 1. The molecule has 3 N–H and O–H groups in total. The number of aryl methyl sites for hydroxylation is 1. The summed E-state index contributed by atoms with van der Waals surface area (Å²) >= 11 is 0. The molecule has 8 nitrogen and oxygen atoms in total. The maximum Gasteiger partial charge on any atom is 0.209 e. The topological polar surface area (TPSA) is 115 Å². The van der Waals surface area contributed by atoms with Crippen LogP contribution in [0, 0.1) is 6.92 Å². The number of nitrogens with zero attached hydrogens (tertiary/aromatic N) is 2. The smallest absolute Gasteiger partial charge is 0.209 e. The Morgan fingerprint density at radius 3 is 2.60 bits per heavy atom. The van der Waals surface area contributed by atoms with Crippen molar-refractivity contribution in [3.8, 4) is 5.75 Å². The standard InChI is InChI=1S/C33H38N4O4S/c1-21-15-24(23(3)36-27-6-11-31-25(16-27)13-14-35-33(31)34)5-10-30(21)22(2)19-41-28-7-12-32(42(39,40)29-8-9-29)26(17-28)18-37(4)20-38/h5-7,10-17,20,22-23,29,36H,8-9,18-19H2,1-4H3,(H2,34,35)/t22?,23-/m0/s1. The van der Waals surface area contributed by atoms with Gasteiger partial charge in [-0.05, 0) is 96.8 Å². The van der Waals surface area contributed by atoms with Crippen molar-refractivity contribution in [2.75, 3.05) is 24.7 Å². The van der Waals surface area contributed by atoms with Gasteiger partial charge >= 0.3 is 0 Å². The van der Waals surface area contributed by atoms with Crippen LogP contribution in [-0.2, 0) is 21.2 Å². The van der Waals surface area contributed by atoms with E-state index in [0.29, 0.717) is 43.0 Å². The number of fused-ring (bicyclic) bond motifs is 1. The van der Waals surface area contributed by atoms with Crippen LogP contribution >= 0.6 is 0 Å². The molecule has 1 unspecified atom stereocenters. The number of anilines is 2. The largest absolute Gasteiger partial charge is 0.493 e. The summed E-state index contributed by atoms with van der Waals surface area (Å²) in [6.07, 6.45) is 3.79. The van der Waals surface area contributed by atoms with Crippen molar-refractivity contribution in [1.29, 1.82) is 0 Å². The summed E-state index contributed by atoms with van der Waals surface area (Å²) in [6.45, 7) is 7.00. The third-order valence-corrected chi connectivity index (χ3v) is 10.3. The molecule has 1 aliphatic rings. The van der Waals surface area contributed by atoms with E-state index in [1.807, 2.05) is 18.2 Å². The number of rotatable bonds is 12. The van der Waals surface area contributed by atoms with E-state index in [2.05, 4.69) is 55.3 Å². The zero-order chi connectivity index (χ0) is 30.0. The van der Waals surface area contributed by atoms with Crippen molar-refractivity contribution in [3.05, 3.63) is 89.1 Å². The first kappa shape index (κ1) is 29.4. The van der Waals surface area contributed by atoms with Gasteiger partial charge in [0.05, 0.1) is 16.8 Å². The Morgan fingerprint density at radius 2 is 1.88 bits per heavy atom. The van der Waals surface area contributed by atoms with Gasteiger partial charge in [-0.25, -0.2) is 13.4 Å².